The van der Waals surface area contributed by atoms with E-state index in [2.05, 4.69) is 5.16 Å². The van der Waals surface area contributed by atoms with E-state index in [9.17, 15) is 8.78 Å². The number of nitrogens with zero attached hydrogens (tertiary/aromatic N) is 1. The Morgan fingerprint density at radius 2 is 1.71 bits per heavy atom. The predicted octanol–water partition coefficient (Wildman–Crippen LogP) is 4.52. The van der Waals surface area contributed by atoms with E-state index in [1.54, 1.807) is 18.2 Å². The van der Waals surface area contributed by atoms with E-state index in [4.69, 9.17) is 21.9 Å². The molecule has 0 fully saturated rings. The minimum Gasteiger partial charge on any atom is -0.380 e. The van der Waals surface area contributed by atoms with Gasteiger partial charge in [-0.2, -0.15) is 0 Å². The molecule has 0 aliphatic carbocycles. The van der Waals surface area contributed by atoms with Crippen LogP contribution < -0.4 is 5.73 Å². The summed E-state index contributed by atoms with van der Waals surface area (Å²) in [4.78, 5) is 0. The zero-order chi connectivity index (χ0) is 15.0. The largest absolute Gasteiger partial charge is 0.380 e. The van der Waals surface area contributed by atoms with Gasteiger partial charge in [-0.05, 0) is 18.2 Å². The van der Waals surface area contributed by atoms with Crippen molar-refractivity contribution in [1.82, 2.24) is 5.16 Å². The number of anilines is 1. The van der Waals surface area contributed by atoms with Crippen molar-refractivity contribution < 1.29 is 13.3 Å². The van der Waals surface area contributed by atoms with Gasteiger partial charge in [-0.3, -0.25) is 0 Å². The van der Waals surface area contributed by atoms with Crippen LogP contribution in [0.4, 0.5) is 14.6 Å². The fraction of sp³-hybridized carbons (Fsp3) is 0. The molecule has 6 heteroatoms. The van der Waals surface area contributed by atoms with Crippen LogP contribution in [0.5, 0.6) is 0 Å². The average Bonchev–Trinajstić information content (AvgIpc) is 2.84. The van der Waals surface area contributed by atoms with Crippen molar-refractivity contribution >= 4 is 17.4 Å². The highest BCUT2D eigenvalue weighted by Gasteiger charge is 2.23. The van der Waals surface area contributed by atoms with E-state index < -0.39 is 11.6 Å². The van der Waals surface area contributed by atoms with Crippen LogP contribution in [0.25, 0.3) is 22.5 Å². The fourth-order valence-corrected chi connectivity index (χ4v) is 2.26. The lowest BCUT2D eigenvalue weighted by atomic mass is 10.0. The van der Waals surface area contributed by atoms with Gasteiger partial charge in [0.25, 0.3) is 0 Å². The Labute approximate surface area is 123 Å². The highest BCUT2D eigenvalue weighted by atomic mass is 35.5. The third kappa shape index (κ3) is 2.25. The summed E-state index contributed by atoms with van der Waals surface area (Å²) in [7, 11) is 0. The molecule has 0 aliphatic heterocycles. The van der Waals surface area contributed by atoms with Crippen molar-refractivity contribution in [2.24, 2.45) is 0 Å². The van der Waals surface area contributed by atoms with Crippen molar-refractivity contribution in [2.75, 3.05) is 5.73 Å². The molecule has 0 bridgehead atoms. The maximum Gasteiger partial charge on any atom is 0.180 e. The number of halogens is 3. The number of nitrogen functional groups attached to an aromatic ring is 1. The van der Waals surface area contributed by atoms with Crippen LogP contribution in [0, 0.1) is 11.6 Å². The van der Waals surface area contributed by atoms with Crippen LogP contribution >= 0.6 is 11.6 Å². The molecule has 106 valence electrons. The summed E-state index contributed by atoms with van der Waals surface area (Å²) < 4.78 is 33.2. The van der Waals surface area contributed by atoms with Crippen molar-refractivity contribution in [1.29, 1.82) is 0 Å². The first kappa shape index (κ1) is 13.6. The molecule has 3 nitrogen and oxygen atoms in total. The first-order valence-corrected chi connectivity index (χ1v) is 6.42. The Balaban J connectivity index is 2.28. The van der Waals surface area contributed by atoms with Crippen molar-refractivity contribution in [3.63, 3.8) is 0 Å². The third-order valence-electron chi connectivity index (χ3n) is 3.06. The van der Waals surface area contributed by atoms with E-state index in [1.807, 2.05) is 0 Å². The molecule has 0 radical (unpaired) electrons. The molecule has 0 spiro atoms. The molecule has 0 saturated carbocycles. The Morgan fingerprint density at radius 1 is 1.00 bits per heavy atom. The average molecular weight is 307 g/mol. The van der Waals surface area contributed by atoms with Crippen molar-refractivity contribution in [3.8, 4) is 22.5 Å². The number of aromatic nitrogens is 1. The number of rotatable bonds is 2. The quantitative estimate of drug-likeness (QED) is 0.757. The zero-order valence-electron chi connectivity index (χ0n) is 10.6. The first-order chi connectivity index (χ1) is 10.1. The molecule has 0 unspecified atom stereocenters. The second-order valence-electron chi connectivity index (χ2n) is 4.35. The molecule has 21 heavy (non-hydrogen) atoms. The Bertz CT molecular complexity index is 817. The highest BCUT2D eigenvalue weighted by molar-refractivity contribution is 6.31. The molecule has 3 aromatic rings. The fourth-order valence-electron chi connectivity index (χ4n) is 2.09. The number of hydrogen-bond donors (Lipinski definition) is 1. The van der Waals surface area contributed by atoms with Gasteiger partial charge >= 0.3 is 0 Å². The van der Waals surface area contributed by atoms with Crippen LogP contribution in [0.3, 0.4) is 0 Å². The molecule has 0 aliphatic rings. The summed E-state index contributed by atoms with van der Waals surface area (Å²) in [5, 5.41) is 3.54. The first-order valence-electron chi connectivity index (χ1n) is 6.04. The lowest BCUT2D eigenvalue weighted by Crippen LogP contribution is -1.92. The van der Waals surface area contributed by atoms with Gasteiger partial charge in [0.05, 0.1) is 16.1 Å². The molecular weight excluding hydrogens is 298 g/mol. The van der Waals surface area contributed by atoms with Gasteiger partial charge in [-0.1, -0.05) is 41.0 Å². The predicted molar refractivity (Wildman–Crippen MR) is 76.7 cm³/mol. The smallest absolute Gasteiger partial charge is 0.180 e. The lowest BCUT2D eigenvalue weighted by Gasteiger charge is -2.05. The summed E-state index contributed by atoms with van der Waals surface area (Å²) >= 11 is 5.76. The number of hydrogen-bond acceptors (Lipinski definition) is 3. The zero-order valence-corrected chi connectivity index (χ0v) is 11.4. The minimum absolute atomic E-state index is 0.0190. The van der Waals surface area contributed by atoms with Crippen LogP contribution in [0.1, 0.15) is 0 Å². The van der Waals surface area contributed by atoms with Gasteiger partial charge in [0.2, 0.25) is 0 Å². The third-order valence-corrected chi connectivity index (χ3v) is 3.35. The van der Waals surface area contributed by atoms with E-state index in [-0.39, 0.29) is 33.3 Å². The van der Waals surface area contributed by atoms with Gasteiger partial charge < -0.3 is 10.3 Å². The maximum atomic E-state index is 14.1. The second kappa shape index (κ2) is 5.18. The summed E-state index contributed by atoms with van der Waals surface area (Å²) in [6.45, 7) is 0. The summed E-state index contributed by atoms with van der Waals surface area (Å²) in [5.41, 5.74) is 6.20. The van der Waals surface area contributed by atoms with Crippen LogP contribution in [0.15, 0.2) is 47.0 Å². The van der Waals surface area contributed by atoms with Gasteiger partial charge in [0.15, 0.2) is 17.4 Å². The summed E-state index contributed by atoms with van der Waals surface area (Å²) in [5.74, 6) is -1.16. The molecule has 0 amide bonds. The molecule has 0 atom stereocenters. The van der Waals surface area contributed by atoms with Crippen LogP contribution in [0.2, 0.25) is 5.02 Å². The molecule has 3 rings (SSSR count). The lowest BCUT2D eigenvalue weighted by molar-refractivity contribution is 0.433. The van der Waals surface area contributed by atoms with Gasteiger partial charge in [-0.15, -0.1) is 0 Å². The standard InChI is InChI=1S/C15H9ClF2N2O/c16-10-6-3-5-9(13(10)18)14-12(15(19)20-21-14)8-4-1-2-7-11(8)17/h1-7H,(H2,19,20). The number of nitrogens with two attached hydrogens (primary N) is 1. The minimum atomic E-state index is -0.673. The normalized spacial score (nSPS) is 10.8. The van der Waals surface area contributed by atoms with Crippen LogP contribution in [-0.4, -0.2) is 5.16 Å². The molecular formula is C15H9ClF2N2O. The maximum absolute atomic E-state index is 14.1. The van der Waals surface area contributed by atoms with E-state index in [0.717, 1.165) is 0 Å². The molecule has 2 aromatic carbocycles. The van der Waals surface area contributed by atoms with Gasteiger partial charge in [-0.25, -0.2) is 8.78 Å². The molecule has 2 N–H and O–H groups in total. The van der Waals surface area contributed by atoms with Crippen molar-refractivity contribution in [2.45, 2.75) is 0 Å². The number of benzene rings is 2. The second-order valence-corrected chi connectivity index (χ2v) is 4.76. The molecule has 0 saturated heterocycles. The van der Waals surface area contributed by atoms with Crippen molar-refractivity contribution in [3.05, 3.63) is 59.1 Å². The monoisotopic (exact) mass is 306 g/mol. The molecule has 1 aromatic heterocycles. The molecule has 1 heterocycles. The van der Waals surface area contributed by atoms with Gasteiger partial charge in [0.1, 0.15) is 5.82 Å². The van der Waals surface area contributed by atoms with Crippen LogP contribution in [-0.2, 0) is 0 Å². The van der Waals surface area contributed by atoms with E-state index in [1.165, 1.54) is 24.3 Å². The Hall–Kier alpha value is -2.40. The highest BCUT2D eigenvalue weighted by Crippen LogP contribution is 2.39. The summed E-state index contributed by atoms with van der Waals surface area (Å²) in [6, 6.07) is 10.4. The Kier molecular flexibility index (Phi) is 3.35. The topological polar surface area (TPSA) is 52.0 Å². The SMILES string of the molecule is Nc1noc(-c2cccc(Cl)c2F)c1-c1ccccc1F. The summed E-state index contributed by atoms with van der Waals surface area (Å²) in [6.07, 6.45) is 0. The van der Waals surface area contributed by atoms with E-state index in [0.29, 0.717) is 0 Å². The Morgan fingerprint density at radius 3 is 2.48 bits per heavy atom. The van der Waals surface area contributed by atoms with E-state index >= 15 is 0 Å². The van der Waals surface area contributed by atoms with Gasteiger partial charge in [0, 0.05) is 5.56 Å².